The molecule has 0 heterocycles. The summed E-state index contributed by atoms with van der Waals surface area (Å²) in [5.74, 6) is 0.381. The minimum atomic E-state index is -0.747. The van der Waals surface area contributed by atoms with Crippen molar-refractivity contribution in [1.82, 2.24) is 0 Å². The highest BCUT2D eigenvalue weighted by atomic mass is 16.9. The van der Waals surface area contributed by atoms with Crippen LogP contribution in [0.25, 0.3) is 0 Å². The third kappa shape index (κ3) is 5.72. The van der Waals surface area contributed by atoms with Crippen molar-refractivity contribution in [2.75, 3.05) is 6.61 Å². The lowest BCUT2D eigenvalue weighted by Crippen LogP contribution is -2.48. The zero-order chi connectivity index (χ0) is 23.2. The molecule has 2 aliphatic rings. The lowest BCUT2D eigenvalue weighted by Gasteiger charge is -2.54. The molecule has 31 heavy (non-hydrogen) atoms. The van der Waals surface area contributed by atoms with E-state index in [4.69, 9.17) is 0 Å². The Kier molecular flexibility index (Phi) is 8.38. The summed E-state index contributed by atoms with van der Waals surface area (Å²) in [5, 5.41) is 31.1. The normalized spacial score (nSPS) is 26.5. The van der Waals surface area contributed by atoms with E-state index in [1.807, 2.05) is 13.0 Å². The first-order chi connectivity index (χ1) is 14.5. The Morgan fingerprint density at radius 2 is 2.00 bits per heavy atom. The van der Waals surface area contributed by atoms with Crippen LogP contribution in [0.15, 0.2) is 47.5 Å². The van der Waals surface area contributed by atoms with Crippen molar-refractivity contribution in [3.05, 3.63) is 57.6 Å². The van der Waals surface area contributed by atoms with Gasteiger partial charge in [0.15, 0.2) is 0 Å². The summed E-state index contributed by atoms with van der Waals surface area (Å²) in [7, 11) is 0. The molecule has 0 spiro atoms. The molecular formula is C25H39NO5. The van der Waals surface area contributed by atoms with Crippen molar-refractivity contribution < 1.29 is 20.1 Å². The molecule has 0 saturated carbocycles. The Morgan fingerprint density at radius 1 is 1.32 bits per heavy atom. The molecule has 0 saturated heterocycles. The highest BCUT2D eigenvalue weighted by Gasteiger charge is 2.54. The predicted octanol–water partition coefficient (Wildman–Crippen LogP) is 6.99. The molecular weight excluding hydrogens is 394 g/mol. The highest BCUT2D eigenvalue weighted by Crippen LogP contribution is 2.60. The van der Waals surface area contributed by atoms with Crippen molar-refractivity contribution in [1.29, 1.82) is 0 Å². The Labute approximate surface area is 186 Å². The van der Waals surface area contributed by atoms with Gasteiger partial charge >= 0.3 is 0 Å². The van der Waals surface area contributed by atoms with E-state index in [0.29, 0.717) is 6.42 Å². The summed E-state index contributed by atoms with van der Waals surface area (Å²) in [5.41, 5.74) is 1.48. The molecule has 2 rings (SSSR count). The van der Waals surface area contributed by atoms with Gasteiger partial charge in [-0.3, -0.25) is 0 Å². The van der Waals surface area contributed by atoms with Gasteiger partial charge < -0.3 is 15.1 Å². The van der Waals surface area contributed by atoms with Crippen LogP contribution in [-0.4, -0.2) is 21.9 Å². The minimum Gasteiger partial charge on any atom is -0.512 e. The second-order valence-corrected chi connectivity index (χ2v) is 9.94. The van der Waals surface area contributed by atoms with Crippen molar-refractivity contribution in [3.63, 3.8) is 0 Å². The summed E-state index contributed by atoms with van der Waals surface area (Å²) >= 11 is 0. The predicted molar refractivity (Wildman–Crippen MR) is 123 cm³/mol. The maximum atomic E-state index is 11.1. The van der Waals surface area contributed by atoms with Crippen LogP contribution >= 0.6 is 0 Å². The molecule has 2 N–H and O–H groups in total. The number of allylic oxidation sites excluding steroid dienone is 6. The van der Waals surface area contributed by atoms with Gasteiger partial charge in [-0.25, -0.2) is 0 Å². The van der Waals surface area contributed by atoms with E-state index in [2.05, 4.69) is 38.3 Å². The van der Waals surface area contributed by atoms with E-state index in [1.54, 1.807) is 0 Å². The molecule has 2 aliphatic carbocycles. The van der Waals surface area contributed by atoms with Gasteiger partial charge in [0.2, 0.25) is 0 Å². The van der Waals surface area contributed by atoms with Gasteiger partial charge in [0.25, 0.3) is 5.09 Å². The topological polar surface area (TPSA) is 92.8 Å². The molecule has 2 unspecified atom stereocenters. The number of nitrogens with zero attached hydrogens (tertiary/aromatic N) is 1. The monoisotopic (exact) mass is 433 g/mol. The van der Waals surface area contributed by atoms with Crippen LogP contribution in [0.2, 0.25) is 0 Å². The van der Waals surface area contributed by atoms with Gasteiger partial charge in [0, 0.05) is 17.4 Å². The number of aliphatic hydroxyl groups is 2. The lowest BCUT2D eigenvalue weighted by molar-refractivity contribution is -0.757. The number of aliphatic hydroxyl groups excluding tert-OH is 2. The molecule has 6 nitrogen and oxygen atoms in total. The first kappa shape index (κ1) is 25.0. The van der Waals surface area contributed by atoms with Crippen LogP contribution in [0.1, 0.15) is 79.1 Å². The first-order valence-corrected chi connectivity index (χ1v) is 11.4. The van der Waals surface area contributed by atoms with Gasteiger partial charge in [0.1, 0.15) is 11.5 Å². The molecule has 0 bridgehead atoms. The third-order valence-corrected chi connectivity index (χ3v) is 7.23. The number of rotatable bonds is 11. The largest absolute Gasteiger partial charge is 0.512 e. The van der Waals surface area contributed by atoms with Crippen LogP contribution in [0.5, 0.6) is 0 Å². The number of unbranched alkanes of at least 4 members (excludes halogenated alkanes) is 3. The molecule has 0 aromatic carbocycles. The Bertz CT molecular complexity index is 764. The Morgan fingerprint density at radius 3 is 2.61 bits per heavy atom. The van der Waals surface area contributed by atoms with E-state index in [0.717, 1.165) is 50.5 Å². The summed E-state index contributed by atoms with van der Waals surface area (Å²) in [4.78, 5) is 14.6. The molecule has 0 amide bonds. The van der Waals surface area contributed by atoms with Crippen molar-refractivity contribution in [3.8, 4) is 0 Å². The van der Waals surface area contributed by atoms with Gasteiger partial charge in [-0.05, 0) is 63.4 Å². The van der Waals surface area contributed by atoms with E-state index < -0.39 is 10.5 Å². The van der Waals surface area contributed by atoms with E-state index in [9.17, 15) is 20.3 Å². The molecule has 0 aliphatic heterocycles. The minimum absolute atomic E-state index is 0.0956. The average molecular weight is 434 g/mol. The second-order valence-electron chi connectivity index (χ2n) is 9.94. The quantitative estimate of drug-likeness (QED) is 0.158. The summed E-state index contributed by atoms with van der Waals surface area (Å²) in [6.07, 6.45) is 13.2. The maximum Gasteiger partial charge on any atom is 0.294 e. The van der Waals surface area contributed by atoms with Crippen LogP contribution < -0.4 is 0 Å². The zero-order valence-corrected chi connectivity index (χ0v) is 19.5. The lowest BCUT2D eigenvalue weighted by atomic mass is 9.49. The Balaban J connectivity index is 2.23. The van der Waals surface area contributed by atoms with Crippen LogP contribution in [0.3, 0.4) is 0 Å². The van der Waals surface area contributed by atoms with E-state index >= 15 is 0 Å². The fourth-order valence-corrected chi connectivity index (χ4v) is 5.76. The fraction of sp³-hybridized carbons (Fsp3) is 0.680. The molecule has 174 valence electrons. The molecule has 0 radical (unpaired) electrons. The van der Waals surface area contributed by atoms with E-state index in [1.165, 1.54) is 11.6 Å². The van der Waals surface area contributed by atoms with Crippen LogP contribution in [0, 0.1) is 32.8 Å². The summed E-state index contributed by atoms with van der Waals surface area (Å²) in [6.45, 7) is 13.0. The summed E-state index contributed by atoms with van der Waals surface area (Å²) in [6, 6.07) is 0. The van der Waals surface area contributed by atoms with Crippen LogP contribution in [-0.2, 0) is 4.84 Å². The van der Waals surface area contributed by atoms with Gasteiger partial charge in [-0.15, -0.1) is 10.1 Å². The number of hydrogen-bond donors (Lipinski definition) is 2. The third-order valence-electron chi connectivity index (χ3n) is 7.23. The SMILES string of the molecule is C=C(C)C1(C(C)(C)CCCCCCO[N+](=O)[O-])C=C(O)C=C(O)C1[C@@H]1C=C(C)CCC1. The van der Waals surface area contributed by atoms with E-state index in [-0.39, 0.29) is 35.4 Å². The average Bonchev–Trinajstić information content (AvgIpc) is 2.65. The number of hydrogen-bond acceptors (Lipinski definition) is 5. The molecule has 0 fully saturated rings. The van der Waals surface area contributed by atoms with Gasteiger partial charge in [0.05, 0.1) is 6.61 Å². The van der Waals surface area contributed by atoms with Gasteiger partial charge in [-0.2, -0.15) is 0 Å². The standard InChI is InChI=1S/C25H39NO5/c1-18(2)25(24(4,5)13-8-6-7-9-14-31-26(29)30)17-21(27)16-22(28)23(25)20-12-10-11-19(3)15-20/h15-17,20,23,27-28H,1,6-14H2,2-5H3/t20-,23?,25?/m0/s1. The van der Waals surface area contributed by atoms with Crippen molar-refractivity contribution in [2.45, 2.75) is 79.1 Å². The smallest absolute Gasteiger partial charge is 0.294 e. The molecule has 6 heteroatoms. The van der Waals surface area contributed by atoms with Gasteiger partial charge in [-0.1, -0.05) is 56.9 Å². The van der Waals surface area contributed by atoms with Crippen molar-refractivity contribution >= 4 is 0 Å². The van der Waals surface area contributed by atoms with Crippen molar-refractivity contribution in [2.24, 2.45) is 22.7 Å². The maximum absolute atomic E-state index is 11.1. The molecule has 0 aromatic rings. The fourth-order valence-electron chi connectivity index (χ4n) is 5.76. The Hall–Kier alpha value is -2.24. The first-order valence-electron chi connectivity index (χ1n) is 11.4. The molecule has 3 atom stereocenters. The highest BCUT2D eigenvalue weighted by molar-refractivity contribution is 5.38. The second kappa shape index (κ2) is 10.4. The molecule has 0 aromatic heterocycles. The van der Waals surface area contributed by atoms with Crippen LogP contribution in [0.4, 0.5) is 0 Å². The zero-order valence-electron chi connectivity index (χ0n) is 19.5. The summed E-state index contributed by atoms with van der Waals surface area (Å²) < 4.78 is 0.